The van der Waals surface area contributed by atoms with E-state index in [1.54, 1.807) is 7.11 Å². The Kier molecular flexibility index (Phi) is 7.08. The number of piperidine rings is 1. The molecule has 4 nitrogen and oxygen atoms in total. The van der Waals surface area contributed by atoms with Crippen molar-refractivity contribution in [1.29, 1.82) is 0 Å². The Morgan fingerprint density at radius 2 is 1.54 bits per heavy atom. The van der Waals surface area contributed by atoms with Crippen molar-refractivity contribution in [2.45, 2.75) is 71.1 Å². The van der Waals surface area contributed by atoms with Crippen molar-refractivity contribution in [1.82, 2.24) is 4.90 Å². The molecule has 1 spiro atoms. The van der Waals surface area contributed by atoms with Crippen LogP contribution in [0.5, 0.6) is 5.75 Å². The highest BCUT2D eigenvalue weighted by atomic mass is 16.5. The minimum Gasteiger partial charge on any atom is -0.486 e. The van der Waals surface area contributed by atoms with Crippen LogP contribution >= 0.6 is 0 Å². The van der Waals surface area contributed by atoms with Crippen molar-refractivity contribution in [3.05, 3.63) is 93.5 Å². The molecule has 37 heavy (non-hydrogen) atoms. The first-order chi connectivity index (χ1) is 17.8. The van der Waals surface area contributed by atoms with E-state index in [1.165, 1.54) is 33.4 Å². The van der Waals surface area contributed by atoms with Gasteiger partial charge in [-0.05, 0) is 61.6 Å². The lowest BCUT2D eigenvalue weighted by molar-refractivity contribution is 0.0145. The molecular formula is C33H42N2O2. The summed E-state index contributed by atoms with van der Waals surface area (Å²) in [6.45, 7) is 13.3. The van der Waals surface area contributed by atoms with Crippen LogP contribution in [-0.2, 0) is 4.74 Å². The summed E-state index contributed by atoms with van der Waals surface area (Å²) in [4.78, 5) is 2.43. The van der Waals surface area contributed by atoms with E-state index in [-0.39, 0.29) is 17.7 Å². The molecule has 0 aliphatic carbocycles. The molecule has 4 heteroatoms. The average molecular weight is 499 g/mol. The van der Waals surface area contributed by atoms with Crippen molar-refractivity contribution in [3.8, 4) is 5.75 Å². The van der Waals surface area contributed by atoms with Gasteiger partial charge in [0.15, 0.2) is 6.23 Å². The number of fused-ring (bicyclic) bond motifs is 1. The molecule has 1 N–H and O–H groups in total. The third-order valence-electron chi connectivity index (χ3n) is 8.81. The molecule has 2 atom stereocenters. The van der Waals surface area contributed by atoms with Gasteiger partial charge in [-0.15, -0.1) is 0 Å². The number of ether oxygens (including phenoxy) is 2. The summed E-state index contributed by atoms with van der Waals surface area (Å²) in [6, 6.07) is 19.7. The first kappa shape index (κ1) is 25.8. The van der Waals surface area contributed by atoms with E-state index in [2.05, 4.69) is 100 Å². The average Bonchev–Trinajstić information content (AvgIpc) is 3.25. The van der Waals surface area contributed by atoms with Crippen molar-refractivity contribution >= 4 is 5.69 Å². The van der Waals surface area contributed by atoms with E-state index in [9.17, 15) is 0 Å². The van der Waals surface area contributed by atoms with E-state index >= 15 is 0 Å². The van der Waals surface area contributed by atoms with Crippen LogP contribution in [0.4, 0.5) is 5.69 Å². The largest absolute Gasteiger partial charge is 0.486 e. The van der Waals surface area contributed by atoms with Crippen molar-refractivity contribution in [2.24, 2.45) is 0 Å². The zero-order valence-electron chi connectivity index (χ0n) is 23.5. The number of nitrogens with one attached hydrogen (secondary N) is 1. The van der Waals surface area contributed by atoms with E-state index in [4.69, 9.17) is 9.47 Å². The van der Waals surface area contributed by atoms with Gasteiger partial charge in [0, 0.05) is 49.9 Å². The highest BCUT2D eigenvalue weighted by molar-refractivity contribution is 5.71. The molecule has 5 rings (SSSR count). The number of hydrogen-bond acceptors (Lipinski definition) is 4. The topological polar surface area (TPSA) is 33.7 Å². The lowest BCUT2D eigenvalue weighted by Crippen LogP contribution is -2.48. The van der Waals surface area contributed by atoms with Gasteiger partial charge in [-0.3, -0.25) is 0 Å². The minimum absolute atomic E-state index is 0.204. The highest BCUT2D eigenvalue weighted by Crippen LogP contribution is 2.57. The second-order valence-electron chi connectivity index (χ2n) is 11.4. The first-order valence-electron chi connectivity index (χ1n) is 13.7. The number of methoxy groups -OCH3 is 1. The Bertz CT molecular complexity index is 1240. The van der Waals surface area contributed by atoms with Gasteiger partial charge in [-0.1, -0.05) is 68.4 Å². The van der Waals surface area contributed by atoms with Gasteiger partial charge in [0.05, 0.1) is 5.92 Å². The maximum Gasteiger partial charge on any atom is 0.153 e. The number of hydrogen-bond donors (Lipinski definition) is 1. The van der Waals surface area contributed by atoms with Crippen LogP contribution in [0.25, 0.3) is 0 Å². The molecule has 0 aromatic heterocycles. The molecule has 3 aromatic carbocycles. The lowest BCUT2D eigenvalue weighted by atomic mass is 9.72. The van der Waals surface area contributed by atoms with Crippen LogP contribution < -0.4 is 10.1 Å². The number of likely N-dealkylation sites (tertiary alicyclic amines) is 1. The summed E-state index contributed by atoms with van der Waals surface area (Å²) in [6.07, 6.45) is 1.83. The molecule has 3 aromatic rings. The normalized spacial score (nSPS) is 19.6. The first-order valence-corrected chi connectivity index (χ1v) is 13.7. The Morgan fingerprint density at radius 1 is 0.892 bits per heavy atom. The molecule has 0 saturated carbocycles. The molecule has 2 aliphatic heterocycles. The summed E-state index contributed by atoms with van der Waals surface area (Å²) < 4.78 is 13.0. The van der Waals surface area contributed by atoms with Crippen LogP contribution in [0.3, 0.4) is 0 Å². The quantitative estimate of drug-likeness (QED) is 0.357. The van der Waals surface area contributed by atoms with Gasteiger partial charge in [-0.2, -0.15) is 0 Å². The predicted molar refractivity (Wildman–Crippen MR) is 153 cm³/mol. The Labute approximate surface area is 223 Å². The minimum atomic E-state index is -0.223. The Balaban J connectivity index is 1.64. The molecule has 1 saturated heterocycles. The highest BCUT2D eigenvalue weighted by Gasteiger charge is 2.52. The molecule has 2 heterocycles. The zero-order chi connectivity index (χ0) is 26.3. The van der Waals surface area contributed by atoms with Crippen LogP contribution in [0.2, 0.25) is 0 Å². The Morgan fingerprint density at radius 3 is 2.14 bits per heavy atom. The second kappa shape index (κ2) is 10.2. The summed E-state index contributed by atoms with van der Waals surface area (Å²) in [5.74, 6) is 1.82. The van der Waals surface area contributed by atoms with Gasteiger partial charge in [-0.25, -0.2) is 0 Å². The molecule has 1 fully saturated rings. The molecular weight excluding hydrogens is 456 g/mol. The van der Waals surface area contributed by atoms with Gasteiger partial charge in [0.1, 0.15) is 11.4 Å². The van der Waals surface area contributed by atoms with Crippen LogP contribution in [0.1, 0.15) is 83.7 Å². The molecule has 0 bridgehead atoms. The van der Waals surface area contributed by atoms with Gasteiger partial charge < -0.3 is 19.7 Å². The number of benzene rings is 3. The Hall–Kier alpha value is -2.82. The van der Waals surface area contributed by atoms with Crippen molar-refractivity contribution < 1.29 is 9.47 Å². The van der Waals surface area contributed by atoms with Crippen LogP contribution in [0.15, 0.2) is 54.6 Å². The van der Waals surface area contributed by atoms with E-state index < -0.39 is 0 Å². The zero-order valence-corrected chi connectivity index (χ0v) is 23.5. The van der Waals surface area contributed by atoms with Crippen LogP contribution in [-0.4, -0.2) is 37.7 Å². The third kappa shape index (κ3) is 4.55. The fraction of sp³-hybridized carbons (Fsp3) is 0.455. The summed E-state index contributed by atoms with van der Waals surface area (Å²) >= 11 is 0. The van der Waals surface area contributed by atoms with Gasteiger partial charge >= 0.3 is 0 Å². The monoisotopic (exact) mass is 498 g/mol. The van der Waals surface area contributed by atoms with Gasteiger partial charge in [0.25, 0.3) is 0 Å². The molecule has 0 radical (unpaired) electrons. The number of rotatable bonds is 6. The van der Waals surface area contributed by atoms with Crippen LogP contribution in [0, 0.1) is 20.8 Å². The molecule has 2 unspecified atom stereocenters. The van der Waals surface area contributed by atoms with Crippen molar-refractivity contribution in [3.63, 3.8) is 0 Å². The molecule has 196 valence electrons. The predicted octanol–water partition coefficient (Wildman–Crippen LogP) is 7.48. The SMILES string of the molecule is COC(Nc1c(C)c(C)c2c(c1C)C(c1ccc(C(C)C)cc1)C1(CCN(C)CC1)O2)c1ccccc1. The van der Waals surface area contributed by atoms with E-state index in [1.807, 2.05) is 6.07 Å². The summed E-state index contributed by atoms with van der Waals surface area (Å²) in [7, 11) is 3.99. The standard InChI is InChI=1S/C33H42N2O2/c1-21(2)25-13-15-26(16-14-25)29-28-24(5)30(34-32(36-7)27-11-9-8-10-12-27)22(3)23(4)31(28)37-33(29)17-19-35(6)20-18-33/h8-16,21,29,32,34H,17-20H2,1-7H3. The molecule has 0 amide bonds. The molecule has 2 aliphatic rings. The van der Waals surface area contributed by atoms with E-state index in [0.717, 1.165) is 42.9 Å². The van der Waals surface area contributed by atoms with E-state index in [0.29, 0.717) is 5.92 Å². The van der Waals surface area contributed by atoms with Crippen molar-refractivity contribution in [2.75, 3.05) is 32.6 Å². The second-order valence-corrected chi connectivity index (χ2v) is 11.4. The fourth-order valence-electron chi connectivity index (χ4n) is 6.34. The number of anilines is 1. The van der Waals surface area contributed by atoms with Gasteiger partial charge in [0.2, 0.25) is 0 Å². The lowest BCUT2D eigenvalue weighted by Gasteiger charge is -2.41. The fourth-order valence-corrected chi connectivity index (χ4v) is 6.34. The smallest absolute Gasteiger partial charge is 0.153 e. The number of nitrogens with zero attached hydrogens (tertiary/aromatic N) is 1. The summed E-state index contributed by atoms with van der Waals surface area (Å²) in [5.41, 5.74) is 9.87. The maximum atomic E-state index is 7.11. The summed E-state index contributed by atoms with van der Waals surface area (Å²) in [5, 5.41) is 3.76. The third-order valence-corrected chi connectivity index (χ3v) is 8.81. The maximum absolute atomic E-state index is 7.11.